The van der Waals surface area contributed by atoms with E-state index >= 15 is 0 Å². The van der Waals surface area contributed by atoms with Crippen LogP contribution in [0.4, 0.5) is 5.69 Å². The number of nitro groups is 1. The summed E-state index contributed by atoms with van der Waals surface area (Å²) in [5.74, 6) is -2.42. The zero-order valence-corrected chi connectivity index (χ0v) is 26.8. The monoisotopic (exact) mass is 657 g/mol. The van der Waals surface area contributed by atoms with Crippen molar-refractivity contribution in [2.24, 2.45) is 33.7 Å². The van der Waals surface area contributed by atoms with Crippen LogP contribution in [0.5, 0.6) is 5.75 Å². The van der Waals surface area contributed by atoms with Gasteiger partial charge in [0.15, 0.2) is 18.1 Å². The number of esters is 1. The Morgan fingerprint density at radius 3 is 2.62 bits per heavy atom. The van der Waals surface area contributed by atoms with Gasteiger partial charge in [-0.15, -0.1) is 0 Å². The third-order valence-electron chi connectivity index (χ3n) is 11.5. The van der Waals surface area contributed by atoms with Crippen LogP contribution in [0.25, 0.3) is 0 Å². The number of methoxy groups -OCH3 is 1. The molecule has 0 aromatic heterocycles. The first kappa shape index (κ1) is 34.5. The number of hydrogen-bond donors (Lipinski definition) is 5. The average Bonchev–Trinajstić information content (AvgIpc) is 3.30. The molecule has 4 aliphatic carbocycles. The second-order valence-corrected chi connectivity index (χ2v) is 13.9. The van der Waals surface area contributed by atoms with E-state index in [2.05, 4.69) is 17.4 Å². The van der Waals surface area contributed by atoms with E-state index in [-0.39, 0.29) is 42.4 Å². The van der Waals surface area contributed by atoms with Crippen molar-refractivity contribution in [2.45, 2.75) is 83.0 Å². The lowest BCUT2D eigenvalue weighted by molar-refractivity contribution is -0.385. The number of oxime groups is 1. The van der Waals surface area contributed by atoms with E-state index in [1.165, 1.54) is 6.07 Å². The molecule has 0 heterocycles. The van der Waals surface area contributed by atoms with Gasteiger partial charge in [0.2, 0.25) is 0 Å². The molecule has 47 heavy (non-hydrogen) atoms. The van der Waals surface area contributed by atoms with Gasteiger partial charge < -0.3 is 35.3 Å². The third-order valence-corrected chi connectivity index (χ3v) is 11.5. The van der Waals surface area contributed by atoms with Gasteiger partial charge in [-0.3, -0.25) is 19.7 Å². The molecule has 256 valence electrons. The minimum Gasteiger partial charge on any atom is -0.502 e. The number of allylic oxidation sites excluding steroid dienone is 2. The number of carbonyl (C=O) groups is 3. The van der Waals surface area contributed by atoms with E-state index in [4.69, 9.17) is 9.57 Å². The molecule has 5 N–H and O–H groups in total. The summed E-state index contributed by atoms with van der Waals surface area (Å²) in [7, 11) is 1.15. The number of ketones is 1. The van der Waals surface area contributed by atoms with Crippen molar-refractivity contribution in [3.63, 3.8) is 0 Å². The van der Waals surface area contributed by atoms with Crippen molar-refractivity contribution in [1.29, 1.82) is 0 Å². The molecule has 0 saturated heterocycles. The number of aliphatic hydroxyl groups excluding tert-OH is 2. The van der Waals surface area contributed by atoms with E-state index < -0.39 is 70.4 Å². The normalized spacial score (nSPS) is 34.3. The second-order valence-electron chi connectivity index (χ2n) is 13.9. The van der Waals surface area contributed by atoms with Gasteiger partial charge in [0.1, 0.15) is 18.2 Å². The van der Waals surface area contributed by atoms with Gasteiger partial charge in [0, 0.05) is 17.9 Å². The van der Waals surface area contributed by atoms with Crippen LogP contribution in [0, 0.1) is 38.7 Å². The minimum absolute atomic E-state index is 0.0460. The first-order valence-corrected chi connectivity index (χ1v) is 16.0. The summed E-state index contributed by atoms with van der Waals surface area (Å²) in [4.78, 5) is 53.4. The summed E-state index contributed by atoms with van der Waals surface area (Å²) in [6.45, 7) is 2.82. The maximum absolute atomic E-state index is 12.7. The van der Waals surface area contributed by atoms with Crippen molar-refractivity contribution >= 4 is 29.1 Å². The van der Waals surface area contributed by atoms with Crippen LogP contribution in [0.2, 0.25) is 0 Å². The van der Waals surface area contributed by atoms with Gasteiger partial charge in [-0.1, -0.05) is 30.6 Å². The summed E-state index contributed by atoms with van der Waals surface area (Å²) < 4.78 is 4.78. The van der Waals surface area contributed by atoms with Crippen molar-refractivity contribution in [2.75, 3.05) is 20.3 Å². The molecule has 0 spiro atoms. The molecule has 5 rings (SSSR count). The number of nitrogens with zero attached hydrogens (tertiary/aromatic N) is 2. The number of nitro benzene ring substituents is 1. The molecule has 14 heteroatoms. The van der Waals surface area contributed by atoms with Crippen LogP contribution in [-0.2, 0) is 30.4 Å². The predicted molar refractivity (Wildman–Crippen MR) is 166 cm³/mol. The van der Waals surface area contributed by atoms with Gasteiger partial charge in [0.25, 0.3) is 5.91 Å². The van der Waals surface area contributed by atoms with Crippen LogP contribution in [0.1, 0.15) is 64.4 Å². The molecule has 3 saturated carbocycles. The largest absolute Gasteiger partial charge is 0.502 e. The number of fused-ring (bicyclic) bond motifs is 5. The van der Waals surface area contributed by atoms with Gasteiger partial charge in [-0.25, -0.2) is 4.79 Å². The SMILES string of the molecule is COC(=O)[C@H](Cc1ccc(O)c([N+](=O)[O-])c1)NC(=O)CO/N=C1/C=C2CC[C@@H]3[C@H]([C@H](O)C[C@@]4(C)[C@H]3CC[C@]4(O)C(=O)CO)[C@@]2(C)CC1. The highest BCUT2D eigenvalue weighted by molar-refractivity contribution is 5.96. The number of ether oxygens (including phenoxy) is 1. The maximum Gasteiger partial charge on any atom is 0.328 e. The lowest BCUT2D eigenvalue weighted by atomic mass is 9.45. The number of benzene rings is 1. The summed E-state index contributed by atoms with van der Waals surface area (Å²) >= 11 is 0. The summed E-state index contributed by atoms with van der Waals surface area (Å²) in [5.41, 5.74) is -1.20. The van der Waals surface area contributed by atoms with Crippen LogP contribution >= 0.6 is 0 Å². The number of nitrogens with one attached hydrogen (secondary N) is 1. The van der Waals surface area contributed by atoms with E-state index in [9.17, 15) is 44.9 Å². The molecule has 1 aromatic carbocycles. The molecule has 3 fully saturated rings. The molecule has 0 radical (unpaired) electrons. The number of carbonyl (C=O) groups excluding carboxylic acids is 3. The van der Waals surface area contributed by atoms with Gasteiger partial charge in [-0.2, -0.15) is 0 Å². The zero-order chi connectivity index (χ0) is 34.3. The Bertz CT molecular complexity index is 1510. The highest BCUT2D eigenvalue weighted by Crippen LogP contribution is 2.67. The van der Waals surface area contributed by atoms with Crippen molar-refractivity contribution < 1.29 is 49.3 Å². The highest BCUT2D eigenvalue weighted by Gasteiger charge is 2.68. The van der Waals surface area contributed by atoms with Crippen molar-refractivity contribution in [1.82, 2.24) is 5.32 Å². The first-order valence-electron chi connectivity index (χ1n) is 16.0. The quantitative estimate of drug-likeness (QED) is 0.139. The molecular formula is C33H43N3O11. The van der Waals surface area contributed by atoms with Crippen LogP contribution in [0.3, 0.4) is 0 Å². The van der Waals surface area contributed by atoms with E-state index in [0.29, 0.717) is 30.5 Å². The number of aromatic hydroxyl groups is 1. The van der Waals surface area contributed by atoms with Crippen LogP contribution < -0.4 is 5.32 Å². The first-order chi connectivity index (χ1) is 22.2. The summed E-state index contributed by atoms with van der Waals surface area (Å²) in [6.07, 6.45) is 5.09. The fraction of sp³-hybridized carbons (Fsp3) is 0.636. The number of aliphatic hydroxyl groups is 3. The summed E-state index contributed by atoms with van der Waals surface area (Å²) in [6, 6.07) is 2.50. The molecule has 0 aliphatic heterocycles. The smallest absolute Gasteiger partial charge is 0.328 e. The Hall–Kier alpha value is -3.88. The lowest BCUT2D eigenvalue weighted by Crippen LogP contribution is -2.62. The number of hydrogen-bond acceptors (Lipinski definition) is 12. The molecule has 1 amide bonds. The number of rotatable bonds is 10. The Morgan fingerprint density at radius 1 is 1.19 bits per heavy atom. The molecule has 8 atom stereocenters. The Labute approximate surface area is 272 Å². The standard InChI is InChI=1S/C33H43N3O11/c1-31-10-8-20(35-47-17-28(41)34-23(30(42)46-3)12-18-4-7-25(38)24(13-18)36(44)45)14-19(31)5-6-21-22-9-11-33(43,27(40)16-37)32(22,2)15-26(39)29(21)31/h4,7,13-14,21-23,26,29,37-39,43H,5-6,8-12,15-17H2,1-3H3,(H,34,41)/b35-20+/t21-,22-,23-,26+,29+,31-,32-,33-/m0/s1. The van der Waals surface area contributed by atoms with Gasteiger partial charge in [0.05, 0.1) is 23.8 Å². The van der Waals surface area contributed by atoms with E-state index in [0.717, 1.165) is 37.7 Å². The zero-order valence-electron chi connectivity index (χ0n) is 26.8. The Morgan fingerprint density at radius 2 is 1.94 bits per heavy atom. The lowest BCUT2D eigenvalue weighted by Gasteiger charge is -2.60. The maximum atomic E-state index is 12.7. The molecule has 0 unspecified atom stereocenters. The second kappa shape index (κ2) is 13.0. The Balaban J connectivity index is 1.23. The van der Waals surface area contributed by atoms with Crippen LogP contribution in [-0.4, -0.2) is 86.8 Å². The Kier molecular flexibility index (Phi) is 9.50. The highest BCUT2D eigenvalue weighted by atomic mass is 16.6. The number of Topliss-reactive ketones (excluding diaryl/α,β-unsaturated/α-hetero) is 1. The molecule has 0 bridgehead atoms. The molecule has 1 aromatic rings. The number of phenols is 1. The van der Waals surface area contributed by atoms with E-state index in [1.807, 2.05) is 13.0 Å². The van der Waals surface area contributed by atoms with Crippen molar-refractivity contribution in [3.05, 3.63) is 45.5 Å². The third kappa shape index (κ3) is 6.02. The molecular weight excluding hydrogens is 614 g/mol. The molecule has 4 aliphatic rings. The summed E-state index contributed by atoms with van der Waals surface area (Å²) in [5, 5.41) is 60.1. The fourth-order valence-electron chi connectivity index (χ4n) is 9.19. The average molecular weight is 658 g/mol. The van der Waals surface area contributed by atoms with Gasteiger partial charge >= 0.3 is 11.7 Å². The van der Waals surface area contributed by atoms with Crippen LogP contribution in [0.15, 0.2) is 35.0 Å². The van der Waals surface area contributed by atoms with E-state index in [1.54, 1.807) is 0 Å². The topological polar surface area (TPSA) is 218 Å². The fourth-order valence-corrected chi connectivity index (χ4v) is 9.19. The number of phenolic OH excluding ortho intramolecular Hbond substituents is 1. The van der Waals surface area contributed by atoms with Crippen molar-refractivity contribution in [3.8, 4) is 5.75 Å². The minimum atomic E-state index is -1.64. The van der Waals surface area contributed by atoms with Gasteiger partial charge in [-0.05, 0) is 85.8 Å². The predicted octanol–water partition coefficient (Wildman–Crippen LogP) is 2.10. The molecule has 14 nitrogen and oxygen atoms in total. The number of amides is 1.